The highest BCUT2D eigenvalue weighted by Crippen LogP contribution is 2.19. The van der Waals surface area contributed by atoms with Crippen molar-refractivity contribution in [2.75, 3.05) is 0 Å². The van der Waals surface area contributed by atoms with Gasteiger partial charge in [-0.15, -0.1) is 0 Å². The van der Waals surface area contributed by atoms with Gasteiger partial charge in [-0.2, -0.15) is 0 Å². The van der Waals surface area contributed by atoms with Crippen LogP contribution in [0.4, 0.5) is 0 Å². The number of nitrogens with two attached hydrogens (primary N) is 1. The molecule has 1 aromatic heterocycles. The number of halogens is 1. The molecular weight excluding hydrogens is 302 g/mol. The predicted octanol–water partition coefficient (Wildman–Crippen LogP) is 3.21. The molecule has 2 rings (SSSR count). The van der Waals surface area contributed by atoms with Crippen molar-refractivity contribution >= 4 is 15.9 Å². The van der Waals surface area contributed by atoms with Crippen molar-refractivity contribution < 1.29 is 0 Å². The van der Waals surface area contributed by atoms with Crippen molar-refractivity contribution in [2.24, 2.45) is 5.84 Å². The van der Waals surface area contributed by atoms with Crippen LogP contribution >= 0.6 is 15.9 Å². The summed E-state index contributed by atoms with van der Waals surface area (Å²) in [6.45, 7) is 4.25. The molecule has 0 aliphatic heterocycles. The van der Waals surface area contributed by atoms with E-state index in [1.54, 1.807) is 6.20 Å². The van der Waals surface area contributed by atoms with E-state index in [2.05, 4.69) is 58.4 Å². The normalized spacial score (nSPS) is 12.4. The van der Waals surface area contributed by atoms with Crippen molar-refractivity contribution in [3.05, 3.63) is 63.4 Å². The van der Waals surface area contributed by atoms with Gasteiger partial charge in [0.05, 0.1) is 11.7 Å². The lowest BCUT2D eigenvalue weighted by molar-refractivity contribution is 0.538. The topological polar surface area (TPSA) is 50.9 Å². The highest BCUT2D eigenvalue weighted by Gasteiger charge is 2.12. The van der Waals surface area contributed by atoms with E-state index < -0.39 is 0 Å². The lowest BCUT2D eigenvalue weighted by Crippen LogP contribution is -2.30. The van der Waals surface area contributed by atoms with E-state index in [1.807, 2.05) is 12.1 Å². The van der Waals surface area contributed by atoms with Gasteiger partial charge in [-0.1, -0.05) is 18.2 Å². The molecule has 0 saturated carbocycles. The van der Waals surface area contributed by atoms with E-state index in [1.165, 1.54) is 16.7 Å². The lowest BCUT2D eigenvalue weighted by Gasteiger charge is -2.16. The van der Waals surface area contributed by atoms with E-state index in [0.29, 0.717) is 0 Å². The number of pyridine rings is 1. The number of hydrazine groups is 1. The molecule has 3 N–H and O–H groups in total. The fraction of sp³-hybridized carbons (Fsp3) is 0.267. The van der Waals surface area contributed by atoms with E-state index in [9.17, 15) is 0 Å². The van der Waals surface area contributed by atoms with Crippen LogP contribution in [0.2, 0.25) is 0 Å². The number of nitrogens with zero attached hydrogens (tertiary/aromatic N) is 1. The average Bonchev–Trinajstić information content (AvgIpc) is 2.41. The molecule has 2 aromatic rings. The number of benzene rings is 1. The molecule has 4 heteroatoms. The van der Waals surface area contributed by atoms with Gasteiger partial charge in [-0.25, -0.2) is 0 Å². The SMILES string of the molecule is Cc1ccc(CC(NN)c2ccc(Br)cn2)cc1C. The number of hydrogen-bond donors (Lipinski definition) is 2. The summed E-state index contributed by atoms with van der Waals surface area (Å²) >= 11 is 3.39. The van der Waals surface area contributed by atoms with Gasteiger partial charge in [0.25, 0.3) is 0 Å². The van der Waals surface area contributed by atoms with Crippen molar-refractivity contribution in [2.45, 2.75) is 26.3 Å². The van der Waals surface area contributed by atoms with Crippen molar-refractivity contribution in [3.63, 3.8) is 0 Å². The fourth-order valence-electron chi connectivity index (χ4n) is 2.01. The summed E-state index contributed by atoms with van der Waals surface area (Å²) in [4.78, 5) is 4.40. The third-order valence-electron chi connectivity index (χ3n) is 3.32. The lowest BCUT2D eigenvalue weighted by atomic mass is 9.99. The fourth-order valence-corrected chi connectivity index (χ4v) is 2.24. The highest BCUT2D eigenvalue weighted by atomic mass is 79.9. The molecule has 0 spiro atoms. The van der Waals surface area contributed by atoms with Crippen LogP contribution in [0.25, 0.3) is 0 Å². The Labute approximate surface area is 122 Å². The van der Waals surface area contributed by atoms with Crippen molar-refractivity contribution in [1.29, 1.82) is 0 Å². The Kier molecular flexibility index (Phi) is 4.69. The average molecular weight is 320 g/mol. The molecule has 0 radical (unpaired) electrons. The van der Waals surface area contributed by atoms with Crippen LogP contribution in [0.1, 0.15) is 28.4 Å². The number of hydrogen-bond acceptors (Lipinski definition) is 3. The second-order valence-electron chi connectivity index (χ2n) is 4.74. The van der Waals surface area contributed by atoms with Gasteiger partial charge < -0.3 is 0 Å². The van der Waals surface area contributed by atoms with Crippen LogP contribution in [0.5, 0.6) is 0 Å². The van der Waals surface area contributed by atoms with Gasteiger partial charge in [0.2, 0.25) is 0 Å². The molecule has 100 valence electrons. The molecular formula is C15H18BrN3. The second kappa shape index (κ2) is 6.28. The highest BCUT2D eigenvalue weighted by molar-refractivity contribution is 9.10. The van der Waals surface area contributed by atoms with Gasteiger partial charge in [0.1, 0.15) is 0 Å². The largest absolute Gasteiger partial charge is 0.271 e. The molecule has 1 heterocycles. The zero-order chi connectivity index (χ0) is 13.8. The molecule has 3 nitrogen and oxygen atoms in total. The summed E-state index contributed by atoms with van der Waals surface area (Å²) in [5, 5.41) is 0. The molecule has 1 unspecified atom stereocenters. The third kappa shape index (κ3) is 3.62. The van der Waals surface area contributed by atoms with Gasteiger partial charge in [0.15, 0.2) is 0 Å². The zero-order valence-electron chi connectivity index (χ0n) is 11.2. The third-order valence-corrected chi connectivity index (χ3v) is 3.79. The van der Waals surface area contributed by atoms with Gasteiger partial charge in [0, 0.05) is 10.7 Å². The van der Waals surface area contributed by atoms with E-state index >= 15 is 0 Å². The summed E-state index contributed by atoms with van der Waals surface area (Å²) in [6.07, 6.45) is 2.62. The van der Waals surface area contributed by atoms with Crippen LogP contribution < -0.4 is 11.3 Å². The van der Waals surface area contributed by atoms with E-state index in [0.717, 1.165) is 16.6 Å². The first kappa shape index (κ1) is 14.2. The number of nitrogens with one attached hydrogen (secondary N) is 1. The number of aryl methyl sites for hydroxylation is 2. The maximum atomic E-state index is 5.66. The smallest absolute Gasteiger partial charge is 0.0672 e. The summed E-state index contributed by atoms with van der Waals surface area (Å²) in [5.74, 6) is 5.66. The minimum absolute atomic E-state index is 0.0233. The zero-order valence-corrected chi connectivity index (χ0v) is 12.7. The van der Waals surface area contributed by atoms with Gasteiger partial charge in [-0.05, 0) is 65.0 Å². The standard InChI is InChI=1S/C15H18BrN3/c1-10-3-4-12(7-11(10)2)8-15(19-17)14-6-5-13(16)9-18-14/h3-7,9,15,19H,8,17H2,1-2H3. The van der Waals surface area contributed by atoms with Crippen LogP contribution in [0, 0.1) is 13.8 Å². The summed E-state index contributed by atoms with van der Waals surface area (Å²) < 4.78 is 0.971. The summed E-state index contributed by atoms with van der Waals surface area (Å²) in [6, 6.07) is 10.5. The Bertz CT molecular complexity index is 552. The predicted molar refractivity (Wildman–Crippen MR) is 81.6 cm³/mol. The molecule has 0 amide bonds. The molecule has 0 aliphatic rings. The molecule has 1 aromatic carbocycles. The first-order valence-electron chi connectivity index (χ1n) is 6.24. The second-order valence-corrected chi connectivity index (χ2v) is 5.66. The minimum Gasteiger partial charge on any atom is -0.271 e. The van der Waals surface area contributed by atoms with Crippen molar-refractivity contribution in [3.8, 4) is 0 Å². The van der Waals surface area contributed by atoms with Crippen LogP contribution in [0.3, 0.4) is 0 Å². The Morgan fingerprint density at radius 1 is 1.21 bits per heavy atom. The van der Waals surface area contributed by atoms with Gasteiger partial charge >= 0.3 is 0 Å². The van der Waals surface area contributed by atoms with Gasteiger partial charge in [-0.3, -0.25) is 16.3 Å². The molecule has 0 fully saturated rings. The Balaban J connectivity index is 2.18. The van der Waals surface area contributed by atoms with E-state index in [-0.39, 0.29) is 6.04 Å². The Hall–Kier alpha value is -1.23. The quantitative estimate of drug-likeness (QED) is 0.672. The Morgan fingerprint density at radius 3 is 2.58 bits per heavy atom. The minimum atomic E-state index is 0.0233. The monoisotopic (exact) mass is 319 g/mol. The van der Waals surface area contributed by atoms with Crippen LogP contribution in [-0.2, 0) is 6.42 Å². The molecule has 0 saturated heterocycles. The number of rotatable bonds is 4. The van der Waals surface area contributed by atoms with E-state index in [4.69, 9.17) is 5.84 Å². The molecule has 0 bridgehead atoms. The maximum Gasteiger partial charge on any atom is 0.0672 e. The van der Waals surface area contributed by atoms with Crippen LogP contribution in [0.15, 0.2) is 41.0 Å². The molecule has 1 atom stereocenters. The van der Waals surface area contributed by atoms with Crippen molar-refractivity contribution in [1.82, 2.24) is 10.4 Å². The van der Waals surface area contributed by atoms with Crippen LogP contribution in [-0.4, -0.2) is 4.98 Å². The summed E-state index contributed by atoms with van der Waals surface area (Å²) in [5.41, 5.74) is 7.66. The maximum absolute atomic E-state index is 5.66. The number of aromatic nitrogens is 1. The Morgan fingerprint density at radius 2 is 2.00 bits per heavy atom. The summed E-state index contributed by atoms with van der Waals surface area (Å²) in [7, 11) is 0. The molecule has 0 aliphatic carbocycles. The first-order chi connectivity index (χ1) is 9.10. The molecule has 19 heavy (non-hydrogen) atoms. The first-order valence-corrected chi connectivity index (χ1v) is 7.03.